The number of nitrogens with zero attached hydrogens (tertiary/aromatic N) is 4. The minimum Gasteiger partial charge on any atom is -0.461 e. The number of aliphatic hydroxyl groups is 1. The smallest absolute Gasteiger partial charge is 0.357 e. The van der Waals surface area contributed by atoms with Crippen LogP contribution in [0.15, 0.2) is 41.1 Å². The summed E-state index contributed by atoms with van der Waals surface area (Å²) in [7, 11) is 1.62. The van der Waals surface area contributed by atoms with Gasteiger partial charge in [0.25, 0.3) is 5.91 Å². The van der Waals surface area contributed by atoms with E-state index in [1.807, 2.05) is 0 Å². The molecule has 1 aliphatic rings. The maximum absolute atomic E-state index is 12.3. The van der Waals surface area contributed by atoms with Crippen molar-refractivity contribution in [3.63, 3.8) is 0 Å². The van der Waals surface area contributed by atoms with Crippen LogP contribution in [0.5, 0.6) is 0 Å². The van der Waals surface area contributed by atoms with Gasteiger partial charge in [0.15, 0.2) is 11.5 Å². The van der Waals surface area contributed by atoms with Crippen LogP contribution in [0, 0.1) is 0 Å². The van der Waals surface area contributed by atoms with E-state index < -0.39 is 17.5 Å². The van der Waals surface area contributed by atoms with E-state index in [1.54, 1.807) is 44.3 Å². The Kier molecular flexibility index (Phi) is 5.47. The summed E-state index contributed by atoms with van der Waals surface area (Å²) < 4.78 is 10.4. The predicted molar refractivity (Wildman–Crippen MR) is 110 cm³/mol. The van der Waals surface area contributed by atoms with E-state index >= 15 is 0 Å². The van der Waals surface area contributed by atoms with Crippen molar-refractivity contribution in [1.82, 2.24) is 20.0 Å². The lowest BCUT2D eigenvalue weighted by atomic mass is 9.97. The fraction of sp³-hybridized carbons (Fsp3) is 0.286. The first kappa shape index (κ1) is 21.0. The molecule has 9 nitrogen and oxygen atoms in total. The highest BCUT2D eigenvalue weighted by molar-refractivity contribution is 6.28. The van der Waals surface area contributed by atoms with Gasteiger partial charge in [-0.25, -0.2) is 14.8 Å². The highest BCUT2D eigenvalue weighted by atomic mass is 35.5. The Morgan fingerprint density at radius 2 is 2.13 bits per heavy atom. The fourth-order valence-electron chi connectivity index (χ4n) is 3.46. The summed E-state index contributed by atoms with van der Waals surface area (Å²) in [5, 5.41) is 14.7. The summed E-state index contributed by atoms with van der Waals surface area (Å²) in [4.78, 5) is 34.1. The van der Waals surface area contributed by atoms with Crippen molar-refractivity contribution in [3.8, 4) is 22.4 Å². The number of ether oxygens (including phenoxy) is 1. The molecule has 1 fully saturated rings. The quantitative estimate of drug-likeness (QED) is 0.473. The van der Waals surface area contributed by atoms with Crippen LogP contribution in [0.4, 0.5) is 0 Å². The van der Waals surface area contributed by atoms with Crippen LogP contribution in [-0.2, 0) is 15.1 Å². The van der Waals surface area contributed by atoms with Gasteiger partial charge in [0.1, 0.15) is 5.69 Å². The van der Waals surface area contributed by atoms with Gasteiger partial charge in [-0.2, -0.15) is 0 Å². The number of carbonyl (C=O) groups excluding carboxylic acids is 2. The largest absolute Gasteiger partial charge is 0.461 e. The molecule has 1 aromatic carbocycles. The Labute approximate surface area is 182 Å². The molecule has 10 heteroatoms. The monoisotopic (exact) mass is 442 g/mol. The lowest BCUT2D eigenvalue weighted by molar-refractivity contribution is -0.144. The Morgan fingerprint density at radius 3 is 2.84 bits per heavy atom. The summed E-state index contributed by atoms with van der Waals surface area (Å²) in [6.45, 7) is 2.32. The number of amides is 1. The highest BCUT2D eigenvalue weighted by Gasteiger charge is 2.48. The van der Waals surface area contributed by atoms with Gasteiger partial charge in [-0.1, -0.05) is 23.4 Å². The molecule has 0 spiro atoms. The number of halogens is 1. The summed E-state index contributed by atoms with van der Waals surface area (Å²) in [6, 6.07) is 8.65. The highest BCUT2D eigenvalue weighted by Crippen LogP contribution is 2.35. The predicted octanol–water partition coefficient (Wildman–Crippen LogP) is 2.68. The third-order valence-corrected chi connectivity index (χ3v) is 5.31. The van der Waals surface area contributed by atoms with Gasteiger partial charge in [0.05, 0.1) is 6.61 Å². The molecule has 0 unspecified atom stereocenters. The standard InChI is InChI=1S/C21H19ClN4O5/c1-3-30-18(27)17-14(11-23-20(22)24-17)12-5-4-6-13(9-12)15-10-16(31-25-15)21(29)7-8-26(2)19(21)28/h4-6,9-11,29H,3,7-8H2,1-2H3/t21-/m1/s1. The molecule has 1 atom stereocenters. The fourth-order valence-corrected chi connectivity index (χ4v) is 3.59. The van der Waals surface area contributed by atoms with E-state index in [2.05, 4.69) is 15.1 Å². The van der Waals surface area contributed by atoms with Gasteiger partial charge >= 0.3 is 5.97 Å². The topological polar surface area (TPSA) is 119 Å². The zero-order chi connectivity index (χ0) is 22.2. The maximum Gasteiger partial charge on any atom is 0.357 e. The third kappa shape index (κ3) is 3.77. The van der Waals surface area contributed by atoms with Crippen LogP contribution in [0.2, 0.25) is 5.28 Å². The summed E-state index contributed by atoms with van der Waals surface area (Å²) in [6.07, 6.45) is 1.67. The molecule has 1 amide bonds. The molecule has 3 aromatic rings. The molecule has 0 aliphatic carbocycles. The summed E-state index contributed by atoms with van der Waals surface area (Å²) >= 11 is 5.87. The van der Waals surface area contributed by atoms with Crippen molar-refractivity contribution in [2.45, 2.75) is 18.9 Å². The van der Waals surface area contributed by atoms with Gasteiger partial charge in [-0.3, -0.25) is 4.79 Å². The van der Waals surface area contributed by atoms with Crippen LogP contribution in [0.25, 0.3) is 22.4 Å². The van der Waals surface area contributed by atoms with E-state index in [1.165, 1.54) is 11.1 Å². The van der Waals surface area contributed by atoms with Crippen LogP contribution in [-0.4, -0.2) is 57.2 Å². The SMILES string of the molecule is CCOC(=O)c1nc(Cl)ncc1-c1cccc(-c2cc([C@]3(O)CCN(C)C3=O)on2)c1. The first-order valence-electron chi connectivity index (χ1n) is 9.59. The van der Waals surface area contributed by atoms with Gasteiger partial charge < -0.3 is 19.3 Å². The first-order valence-corrected chi connectivity index (χ1v) is 9.97. The number of likely N-dealkylation sites (N-methyl/N-ethyl adjacent to an activating group) is 1. The second kappa shape index (κ2) is 8.09. The molecule has 0 saturated carbocycles. The van der Waals surface area contributed by atoms with Crippen molar-refractivity contribution < 1.29 is 24.0 Å². The van der Waals surface area contributed by atoms with Crippen LogP contribution < -0.4 is 0 Å². The van der Waals surface area contributed by atoms with Gasteiger partial charge in [-0.05, 0) is 30.2 Å². The molecule has 31 heavy (non-hydrogen) atoms. The molecule has 1 N–H and O–H groups in total. The molecule has 1 saturated heterocycles. The van der Waals surface area contributed by atoms with Crippen molar-refractivity contribution in [1.29, 1.82) is 0 Å². The van der Waals surface area contributed by atoms with Crippen molar-refractivity contribution in [2.24, 2.45) is 0 Å². The van der Waals surface area contributed by atoms with Crippen molar-refractivity contribution in [2.75, 3.05) is 20.2 Å². The zero-order valence-corrected chi connectivity index (χ0v) is 17.6. The second-order valence-corrected chi connectivity index (χ2v) is 7.45. The molecular weight excluding hydrogens is 424 g/mol. The lowest BCUT2D eigenvalue weighted by Crippen LogP contribution is -2.35. The number of hydrogen-bond acceptors (Lipinski definition) is 8. The van der Waals surface area contributed by atoms with Crippen LogP contribution in [0.3, 0.4) is 0 Å². The minimum atomic E-state index is -1.72. The zero-order valence-electron chi connectivity index (χ0n) is 16.8. The number of rotatable bonds is 5. The van der Waals surface area contributed by atoms with Crippen molar-refractivity contribution >= 4 is 23.5 Å². The maximum atomic E-state index is 12.3. The number of carbonyl (C=O) groups is 2. The molecule has 0 bridgehead atoms. The van der Waals surface area contributed by atoms with Crippen molar-refractivity contribution in [3.05, 3.63) is 53.3 Å². The molecule has 3 heterocycles. The van der Waals surface area contributed by atoms with E-state index in [9.17, 15) is 14.7 Å². The summed E-state index contributed by atoms with van der Waals surface area (Å²) in [5.74, 6) is -0.951. The average Bonchev–Trinajstić information content (AvgIpc) is 3.36. The Morgan fingerprint density at radius 1 is 1.35 bits per heavy atom. The number of esters is 1. The van der Waals surface area contributed by atoms with Crippen LogP contribution >= 0.6 is 11.6 Å². The minimum absolute atomic E-state index is 0.0498. The Bertz CT molecular complexity index is 1160. The molecule has 1 aliphatic heterocycles. The van der Waals surface area contributed by atoms with Gasteiger partial charge in [0, 0.05) is 43.4 Å². The molecule has 2 aromatic heterocycles. The van der Waals surface area contributed by atoms with E-state index in [-0.39, 0.29) is 29.8 Å². The first-order chi connectivity index (χ1) is 14.8. The lowest BCUT2D eigenvalue weighted by Gasteiger charge is -2.16. The molecule has 4 rings (SSSR count). The second-order valence-electron chi connectivity index (χ2n) is 7.12. The third-order valence-electron chi connectivity index (χ3n) is 5.12. The van der Waals surface area contributed by atoms with E-state index in [4.69, 9.17) is 20.9 Å². The number of likely N-dealkylation sites (tertiary alicyclic amines) is 1. The van der Waals surface area contributed by atoms with E-state index in [0.29, 0.717) is 28.9 Å². The number of aromatic nitrogens is 3. The molecule has 0 radical (unpaired) electrons. The normalized spacial score (nSPS) is 18.5. The van der Waals surface area contributed by atoms with E-state index in [0.717, 1.165) is 0 Å². The summed E-state index contributed by atoms with van der Waals surface area (Å²) in [5.41, 5.74) is 0.490. The molecular formula is C21H19ClN4O5. The average molecular weight is 443 g/mol. The van der Waals surface area contributed by atoms with Gasteiger partial charge in [0.2, 0.25) is 10.9 Å². The Hall–Kier alpha value is -3.30. The molecule has 160 valence electrons. The number of benzene rings is 1. The van der Waals surface area contributed by atoms with Gasteiger partial charge in [-0.15, -0.1) is 0 Å². The number of hydrogen-bond donors (Lipinski definition) is 1. The Balaban J connectivity index is 1.71. The van der Waals surface area contributed by atoms with Crippen LogP contribution in [0.1, 0.15) is 29.6 Å².